The molecule has 5 fully saturated rings. The van der Waals surface area contributed by atoms with Gasteiger partial charge in [0, 0.05) is 5.41 Å². The number of rotatable bonds is 6. The van der Waals surface area contributed by atoms with Crippen LogP contribution in [0.1, 0.15) is 112 Å². The van der Waals surface area contributed by atoms with Crippen LogP contribution in [-0.4, -0.2) is 52.6 Å². The number of Topliss-reactive ketones (excluding diaryl/α,β-unsaturated/α-hetero) is 1. The molecule has 6 rings (SSSR count). The molecule has 40 heavy (non-hydrogen) atoms. The molecular formula is C35H56O5. The van der Waals surface area contributed by atoms with Crippen LogP contribution in [0.5, 0.6) is 0 Å². The highest BCUT2D eigenvalue weighted by Crippen LogP contribution is 2.75. The average Bonchev–Trinajstić information content (AvgIpc) is 3.69. The quantitative estimate of drug-likeness (QED) is 0.272. The Bertz CT molecular complexity index is 1050. The Morgan fingerprint density at radius 1 is 1.02 bits per heavy atom. The van der Waals surface area contributed by atoms with Crippen LogP contribution in [0.3, 0.4) is 0 Å². The van der Waals surface area contributed by atoms with E-state index in [0.717, 1.165) is 50.4 Å². The molecule has 0 bridgehead atoms. The normalized spacial score (nSPS) is 50.8. The number of aliphatic hydroxyl groups is 3. The molecule has 3 N–H and O–H groups in total. The van der Waals surface area contributed by atoms with Crippen molar-refractivity contribution in [2.75, 3.05) is 13.2 Å². The van der Waals surface area contributed by atoms with Crippen molar-refractivity contribution < 1.29 is 24.9 Å². The first-order valence-corrected chi connectivity index (χ1v) is 16.6. The molecule has 1 aliphatic heterocycles. The first-order chi connectivity index (χ1) is 18.8. The summed E-state index contributed by atoms with van der Waals surface area (Å²) in [5.74, 6) is 1.67. The minimum Gasteiger partial charge on any atom is -0.396 e. The number of fused-ring (bicyclic) bond motifs is 7. The average molecular weight is 557 g/mol. The van der Waals surface area contributed by atoms with Gasteiger partial charge in [-0.05, 0) is 103 Å². The second kappa shape index (κ2) is 9.63. The van der Waals surface area contributed by atoms with Gasteiger partial charge < -0.3 is 20.1 Å². The predicted octanol–water partition coefficient (Wildman–Crippen LogP) is 6.09. The van der Waals surface area contributed by atoms with Crippen molar-refractivity contribution in [2.24, 2.45) is 56.7 Å². The summed E-state index contributed by atoms with van der Waals surface area (Å²) in [6, 6.07) is 0. The van der Waals surface area contributed by atoms with Crippen molar-refractivity contribution in [2.45, 2.75) is 130 Å². The first-order valence-electron chi connectivity index (χ1n) is 16.6. The zero-order valence-electron chi connectivity index (χ0n) is 26.0. The number of epoxide rings is 1. The van der Waals surface area contributed by atoms with Crippen molar-refractivity contribution in [3.05, 3.63) is 11.6 Å². The van der Waals surface area contributed by atoms with E-state index in [2.05, 4.69) is 47.6 Å². The molecule has 12 atom stereocenters. The van der Waals surface area contributed by atoms with Gasteiger partial charge in [-0.25, -0.2) is 0 Å². The Balaban J connectivity index is 1.38. The molecule has 5 nitrogen and oxygen atoms in total. The molecule has 0 spiro atoms. The molecule has 0 aromatic heterocycles. The van der Waals surface area contributed by atoms with E-state index in [9.17, 15) is 20.1 Å². The monoisotopic (exact) mass is 556 g/mol. The van der Waals surface area contributed by atoms with Crippen LogP contribution in [0.25, 0.3) is 0 Å². The molecule has 1 saturated heterocycles. The van der Waals surface area contributed by atoms with Crippen LogP contribution in [0.2, 0.25) is 0 Å². The van der Waals surface area contributed by atoms with Crippen LogP contribution in [0, 0.1) is 56.7 Å². The number of ketones is 1. The number of hydrogen-bond donors (Lipinski definition) is 3. The number of aliphatic hydroxyl groups excluding tert-OH is 3. The molecule has 226 valence electrons. The Kier molecular flexibility index (Phi) is 7.06. The molecular weight excluding hydrogens is 500 g/mol. The van der Waals surface area contributed by atoms with Gasteiger partial charge in [-0.15, -0.1) is 0 Å². The molecule has 6 aliphatic rings. The van der Waals surface area contributed by atoms with Crippen molar-refractivity contribution in [1.29, 1.82) is 0 Å². The maximum Gasteiger partial charge on any atom is 0.147 e. The SMILES string of the molecule is CC1CCCC2(C)C1CCC1(C)C2CC=C2C3CC(C)(C)CCC3(C(=O)C(CO)C(O)C3OC3CO)CC[C@]21C. The highest BCUT2D eigenvalue weighted by atomic mass is 16.6. The Labute approximate surface area is 242 Å². The Hall–Kier alpha value is -0.750. The third-order valence-corrected chi connectivity index (χ3v) is 14.6. The van der Waals surface area contributed by atoms with E-state index >= 15 is 0 Å². The Morgan fingerprint density at radius 3 is 2.42 bits per heavy atom. The third-order valence-electron chi connectivity index (χ3n) is 14.6. The van der Waals surface area contributed by atoms with E-state index in [1.807, 2.05) is 0 Å². The lowest BCUT2D eigenvalue weighted by molar-refractivity contribution is -0.173. The number of hydrogen-bond acceptors (Lipinski definition) is 5. The molecule has 11 unspecified atom stereocenters. The van der Waals surface area contributed by atoms with E-state index in [0.29, 0.717) is 11.3 Å². The highest BCUT2D eigenvalue weighted by molar-refractivity contribution is 5.89. The van der Waals surface area contributed by atoms with Crippen molar-refractivity contribution >= 4 is 5.78 Å². The maximum atomic E-state index is 14.6. The largest absolute Gasteiger partial charge is 0.396 e. The zero-order chi connectivity index (χ0) is 28.9. The smallest absolute Gasteiger partial charge is 0.147 e. The lowest BCUT2D eigenvalue weighted by Gasteiger charge is -2.70. The molecule has 0 aromatic carbocycles. The first kappa shape index (κ1) is 29.3. The number of allylic oxidation sites excluding steroid dienone is 2. The van der Waals surface area contributed by atoms with Crippen molar-refractivity contribution in [1.82, 2.24) is 0 Å². The number of carbonyl (C=O) groups is 1. The van der Waals surface area contributed by atoms with Crippen molar-refractivity contribution in [3.8, 4) is 0 Å². The standard InChI is InChI=1S/C35H56O5/c1-21-8-7-12-32(4)23(21)11-13-34(6)27(32)10-9-24-25-18-31(2,3)14-16-35(25,17-15-33(24,34)5)30(39)22(19-36)28(38)29-26(20-37)40-29/h9,21-23,25-29,36-38H,7-8,10-20H2,1-6H3/t21?,22?,23?,25?,26?,27?,28?,29?,32?,33-,34?,35?/m1/s1. The van der Waals surface area contributed by atoms with Gasteiger partial charge in [0.25, 0.3) is 0 Å². The molecule has 5 heteroatoms. The van der Waals surface area contributed by atoms with Crippen LogP contribution >= 0.6 is 0 Å². The van der Waals surface area contributed by atoms with Gasteiger partial charge in [0.15, 0.2) is 0 Å². The fourth-order valence-corrected chi connectivity index (χ4v) is 11.9. The van der Waals surface area contributed by atoms with E-state index in [4.69, 9.17) is 4.74 Å². The number of ether oxygens (including phenoxy) is 1. The lowest BCUT2D eigenvalue weighted by atomic mass is 9.34. The second-order valence-corrected chi connectivity index (χ2v) is 16.8. The molecule has 0 aromatic rings. The summed E-state index contributed by atoms with van der Waals surface area (Å²) in [7, 11) is 0. The summed E-state index contributed by atoms with van der Waals surface area (Å²) < 4.78 is 5.47. The maximum absolute atomic E-state index is 14.6. The fourth-order valence-electron chi connectivity index (χ4n) is 11.9. The van der Waals surface area contributed by atoms with Crippen LogP contribution in [-0.2, 0) is 9.53 Å². The van der Waals surface area contributed by atoms with Gasteiger partial charge >= 0.3 is 0 Å². The zero-order valence-corrected chi connectivity index (χ0v) is 26.0. The van der Waals surface area contributed by atoms with E-state index in [-0.39, 0.29) is 41.2 Å². The number of carbonyl (C=O) groups excluding carboxylic acids is 1. The molecule has 0 amide bonds. The van der Waals surface area contributed by atoms with Gasteiger partial charge in [-0.1, -0.05) is 66.0 Å². The summed E-state index contributed by atoms with van der Waals surface area (Å²) in [5, 5.41) is 31.1. The molecule has 0 radical (unpaired) electrons. The molecule has 1 heterocycles. The summed E-state index contributed by atoms with van der Waals surface area (Å²) in [4.78, 5) is 14.6. The third kappa shape index (κ3) is 3.95. The molecule has 5 aliphatic carbocycles. The summed E-state index contributed by atoms with van der Waals surface area (Å²) in [5.41, 5.74) is 1.84. The van der Waals surface area contributed by atoms with Gasteiger partial charge in [-0.2, -0.15) is 0 Å². The van der Waals surface area contributed by atoms with Crippen LogP contribution in [0.4, 0.5) is 0 Å². The van der Waals surface area contributed by atoms with E-state index in [1.54, 1.807) is 0 Å². The highest BCUT2D eigenvalue weighted by Gasteiger charge is 2.68. The predicted molar refractivity (Wildman–Crippen MR) is 156 cm³/mol. The van der Waals surface area contributed by atoms with Crippen LogP contribution < -0.4 is 0 Å². The van der Waals surface area contributed by atoms with E-state index in [1.165, 1.54) is 37.7 Å². The Morgan fingerprint density at radius 2 is 1.75 bits per heavy atom. The molecule has 4 saturated carbocycles. The fraction of sp³-hybridized carbons (Fsp3) is 0.914. The summed E-state index contributed by atoms with van der Waals surface area (Å²) in [6.07, 6.45) is 13.1. The minimum atomic E-state index is -1.07. The van der Waals surface area contributed by atoms with Gasteiger partial charge in [0.1, 0.15) is 18.0 Å². The van der Waals surface area contributed by atoms with Crippen LogP contribution in [0.15, 0.2) is 11.6 Å². The van der Waals surface area contributed by atoms with Gasteiger partial charge in [-0.3, -0.25) is 4.79 Å². The lowest BCUT2D eigenvalue weighted by Crippen LogP contribution is -2.63. The van der Waals surface area contributed by atoms with Gasteiger partial charge in [0.05, 0.1) is 25.2 Å². The summed E-state index contributed by atoms with van der Waals surface area (Å²) in [6.45, 7) is 14.5. The minimum absolute atomic E-state index is 0.0437. The topological polar surface area (TPSA) is 90.3 Å². The summed E-state index contributed by atoms with van der Waals surface area (Å²) >= 11 is 0. The van der Waals surface area contributed by atoms with Crippen molar-refractivity contribution in [3.63, 3.8) is 0 Å². The van der Waals surface area contributed by atoms with E-state index < -0.39 is 29.6 Å². The van der Waals surface area contributed by atoms with Gasteiger partial charge in [0.2, 0.25) is 0 Å². The second-order valence-electron chi connectivity index (χ2n) is 16.8.